The number of hydrogen-bond acceptors (Lipinski definition) is 20. The lowest BCUT2D eigenvalue weighted by Crippen LogP contribution is -2.49. The lowest BCUT2D eigenvalue weighted by atomic mass is 9.83. The lowest BCUT2D eigenvalue weighted by molar-refractivity contribution is -0.0565. The fraction of sp³-hybridized carbons (Fsp3) is 1.00. The quantitative estimate of drug-likeness (QED) is 0.0417. The van der Waals surface area contributed by atoms with Crippen molar-refractivity contribution >= 4 is 0 Å². The summed E-state index contributed by atoms with van der Waals surface area (Å²) in [5.74, 6) is 1.87. The van der Waals surface area contributed by atoms with Gasteiger partial charge in [-0.15, -0.1) is 0 Å². The zero-order valence-electron chi connectivity index (χ0n) is 82.1. The Bertz CT molecular complexity index is 1890. The van der Waals surface area contributed by atoms with Gasteiger partial charge in [0.2, 0.25) is 0 Å². The van der Waals surface area contributed by atoms with Crippen LogP contribution in [0.15, 0.2) is 0 Å². The molecule has 0 bridgehead atoms. The van der Waals surface area contributed by atoms with Crippen LogP contribution in [-0.2, 0) is 75.8 Å². The van der Waals surface area contributed by atoms with E-state index in [4.69, 9.17) is 75.8 Å². The Morgan fingerprint density at radius 2 is 0.368 bits per heavy atom. The molecule has 0 aromatic heterocycles. The topological polar surface area (TPSA) is 161 Å². The molecule has 0 aromatic carbocycles. The molecule has 0 radical (unpaired) electrons. The van der Waals surface area contributed by atoms with Gasteiger partial charge in [0.1, 0.15) is 0 Å². The second-order valence-corrected chi connectivity index (χ2v) is 43.0. The van der Waals surface area contributed by atoms with Crippen LogP contribution in [-0.4, -0.2) is 293 Å². The molecule has 0 aromatic rings. The fourth-order valence-corrected chi connectivity index (χ4v) is 10.5. The van der Waals surface area contributed by atoms with Crippen LogP contribution in [0.1, 0.15) is 275 Å². The molecule has 0 saturated carbocycles. The van der Waals surface area contributed by atoms with Gasteiger partial charge >= 0.3 is 0 Å². The van der Waals surface area contributed by atoms with Crippen LogP contribution in [0.5, 0.6) is 0 Å². The average molecular weight is 1640 g/mol. The van der Waals surface area contributed by atoms with E-state index in [9.17, 15) is 0 Å². The molecule has 0 fully saturated rings. The van der Waals surface area contributed by atoms with Crippen molar-refractivity contribution in [2.45, 2.75) is 324 Å². The summed E-state index contributed by atoms with van der Waals surface area (Å²) in [5.41, 5.74) is 1.93. The van der Waals surface area contributed by atoms with Gasteiger partial charge in [-0.05, 0) is 148 Å². The average Bonchev–Trinajstić information content (AvgIpc) is 0.910. The number of hydrogen-bond donors (Lipinski definition) is 0. The van der Waals surface area contributed by atoms with E-state index in [2.05, 4.69) is 269 Å². The number of ether oxygens (including phenoxy) is 16. The van der Waals surface area contributed by atoms with Gasteiger partial charge in [-0.2, -0.15) is 0 Å². The van der Waals surface area contributed by atoms with Crippen molar-refractivity contribution < 1.29 is 75.8 Å². The van der Waals surface area contributed by atoms with Crippen molar-refractivity contribution in [1.82, 2.24) is 19.6 Å². The van der Waals surface area contributed by atoms with Crippen molar-refractivity contribution in [2.75, 3.05) is 224 Å². The van der Waals surface area contributed by atoms with Gasteiger partial charge in [0.05, 0.1) is 194 Å². The highest BCUT2D eigenvalue weighted by atomic mass is 16.6. The molecule has 0 heterocycles. The molecule has 12 unspecified atom stereocenters. The second kappa shape index (κ2) is 62.3. The number of nitrogens with zero attached hydrogens (tertiary/aromatic N) is 4. The van der Waals surface area contributed by atoms with Crippen LogP contribution in [0.2, 0.25) is 0 Å². The van der Waals surface area contributed by atoms with Crippen molar-refractivity contribution in [3.63, 3.8) is 0 Å². The second-order valence-electron chi connectivity index (χ2n) is 43.0. The summed E-state index contributed by atoms with van der Waals surface area (Å²) in [6.45, 7) is 103. The van der Waals surface area contributed by atoms with Crippen LogP contribution in [0, 0.1) is 67.0 Å². The van der Waals surface area contributed by atoms with Gasteiger partial charge in [0.15, 0.2) is 0 Å². The third kappa shape index (κ3) is 73.9. The van der Waals surface area contributed by atoms with Crippen molar-refractivity contribution in [3.05, 3.63) is 0 Å². The Morgan fingerprint density at radius 3 is 0.544 bits per heavy atom. The van der Waals surface area contributed by atoms with Gasteiger partial charge in [-0.1, -0.05) is 194 Å². The third-order valence-electron chi connectivity index (χ3n) is 21.4. The molecule has 0 saturated heterocycles. The minimum atomic E-state index is 0.0267. The summed E-state index contributed by atoms with van der Waals surface area (Å²) in [6, 6.07) is 0. The molecule has 0 N–H and O–H groups in total. The Kier molecular flexibility index (Phi) is 63.0. The van der Waals surface area contributed by atoms with E-state index in [0.717, 1.165) is 144 Å². The van der Waals surface area contributed by atoms with E-state index < -0.39 is 0 Å². The molecule has 114 heavy (non-hydrogen) atoms. The van der Waals surface area contributed by atoms with E-state index in [1.54, 1.807) is 0 Å². The van der Waals surface area contributed by atoms with E-state index >= 15 is 0 Å². The summed E-state index contributed by atoms with van der Waals surface area (Å²) in [6.07, 6.45) is 4.39. The summed E-state index contributed by atoms with van der Waals surface area (Å²) >= 11 is 0. The normalized spacial score (nSPS) is 16.6. The maximum absolute atomic E-state index is 6.27. The predicted molar refractivity (Wildman–Crippen MR) is 477 cm³/mol. The first-order valence-electron chi connectivity index (χ1n) is 45.0. The van der Waals surface area contributed by atoms with Gasteiger partial charge < -0.3 is 75.8 Å². The molecule has 0 amide bonds. The highest BCUT2D eigenvalue weighted by molar-refractivity contribution is 4.77. The summed E-state index contributed by atoms with van der Waals surface area (Å²) < 4.78 is 98.1. The summed E-state index contributed by atoms with van der Waals surface area (Å²) in [4.78, 5) is 9.72. The Hall–Kier alpha value is -0.800. The first kappa shape index (κ1) is 115. The maximum Gasteiger partial charge on any atom is 0.0780 e. The molecule has 0 rings (SSSR count). The molecular formula is C94H196N4O16. The molecule has 20 nitrogen and oxygen atoms in total. The van der Waals surface area contributed by atoms with Crippen LogP contribution >= 0.6 is 0 Å². The van der Waals surface area contributed by atoms with Gasteiger partial charge in [-0.25, -0.2) is 0 Å². The minimum absolute atomic E-state index is 0.0267. The highest BCUT2D eigenvalue weighted by Crippen LogP contribution is 2.30. The van der Waals surface area contributed by atoms with E-state index in [1.807, 2.05) is 0 Å². The standard InChI is InChI=1S/C49H102N2O8.C45H94N2O8/c1-38(46(9,10)11)29-56-42(5)33-52-25-21-50(22-26-53-34-43(6)57-30-39(2)47(12,13)14)37-51(23-27-54-35-44(7)58-31-40(3)48(15,16)17)24-28-55-36-45(8)59-32-41(4)49(18,19)20;1-38(52-29-25-48-21-17-42(5,6)7)33-46(34-39(2)53-30-26-49-22-18-43(8,9)10)37-47(35-40(3)54-31-27-50-23-19-44(11,12)13)36-41(4)55-32-28-51-24-20-45(14,15)16/h38-45H,21-37H2,1-20H3;38-41H,17-37H2,1-16H3. The Morgan fingerprint density at radius 1 is 0.184 bits per heavy atom. The van der Waals surface area contributed by atoms with E-state index in [-0.39, 0.29) is 92.2 Å². The molecule has 0 aliphatic rings. The largest absolute Gasteiger partial charge is 0.379 e. The van der Waals surface area contributed by atoms with E-state index in [1.165, 1.54) is 0 Å². The first-order chi connectivity index (χ1) is 52.6. The highest BCUT2D eigenvalue weighted by Gasteiger charge is 2.28. The lowest BCUT2D eigenvalue weighted by Gasteiger charge is -2.36. The first-order valence-corrected chi connectivity index (χ1v) is 45.0. The smallest absolute Gasteiger partial charge is 0.0780 e. The zero-order valence-corrected chi connectivity index (χ0v) is 82.1. The molecule has 20 heteroatoms. The minimum Gasteiger partial charge on any atom is -0.379 e. The molecule has 0 aliphatic carbocycles. The zero-order chi connectivity index (χ0) is 87.4. The van der Waals surface area contributed by atoms with Crippen LogP contribution in [0.4, 0.5) is 0 Å². The van der Waals surface area contributed by atoms with Gasteiger partial charge in [0, 0.05) is 78.8 Å². The fourth-order valence-electron chi connectivity index (χ4n) is 10.5. The predicted octanol–water partition coefficient (Wildman–Crippen LogP) is 18.9. The van der Waals surface area contributed by atoms with Crippen LogP contribution in [0.25, 0.3) is 0 Å². The SMILES string of the molecule is CC(CN(CC(C)OCCOCCC(C)(C)C)CN(CC(C)OCCOCCC(C)(C)C)CC(C)OCCOCCC(C)(C)C)OCCOCCC(C)(C)C.CC(COCCN(CCOCC(C)OCC(C)C(C)(C)C)CN(CCOCC(C)OCC(C)C(C)(C)C)CCOCC(C)OCC(C)C(C)(C)C)OCC(C)C(C)(C)C. The molecule has 0 aliphatic heterocycles. The summed E-state index contributed by atoms with van der Waals surface area (Å²) in [7, 11) is 0. The van der Waals surface area contributed by atoms with Crippen LogP contribution < -0.4 is 0 Å². The molecular weight excluding hydrogens is 1440 g/mol. The maximum atomic E-state index is 6.27. The Balaban J connectivity index is 0. The number of rotatable bonds is 68. The molecule has 12 atom stereocenters. The summed E-state index contributed by atoms with van der Waals surface area (Å²) in [5, 5.41) is 0. The van der Waals surface area contributed by atoms with Crippen LogP contribution in [0.3, 0.4) is 0 Å². The van der Waals surface area contributed by atoms with Crippen molar-refractivity contribution in [1.29, 1.82) is 0 Å². The third-order valence-corrected chi connectivity index (χ3v) is 21.4. The monoisotopic (exact) mass is 1640 g/mol. The van der Waals surface area contributed by atoms with Gasteiger partial charge in [-0.3, -0.25) is 19.6 Å². The molecule has 688 valence electrons. The van der Waals surface area contributed by atoms with E-state index in [0.29, 0.717) is 129 Å². The molecule has 0 spiro atoms. The van der Waals surface area contributed by atoms with Gasteiger partial charge in [0.25, 0.3) is 0 Å². The van der Waals surface area contributed by atoms with Crippen molar-refractivity contribution in [2.24, 2.45) is 67.0 Å². The Labute approximate surface area is 707 Å². The van der Waals surface area contributed by atoms with Crippen molar-refractivity contribution in [3.8, 4) is 0 Å².